The van der Waals surface area contributed by atoms with Crippen LogP contribution in [-0.4, -0.2) is 18.5 Å². The normalized spacial score (nSPS) is 10.9. The number of hydrogen-bond acceptors (Lipinski definition) is 4. The highest BCUT2D eigenvalue weighted by Gasteiger charge is 2.09. The lowest BCUT2D eigenvalue weighted by atomic mass is 10.1. The van der Waals surface area contributed by atoms with Crippen molar-refractivity contribution in [2.75, 3.05) is 6.61 Å². The lowest BCUT2D eigenvalue weighted by Gasteiger charge is -2.07. The van der Waals surface area contributed by atoms with Gasteiger partial charge in [0.05, 0.1) is 11.1 Å². The van der Waals surface area contributed by atoms with Gasteiger partial charge in [-0.3, -0.25) is 9.59 Å². The quantitative estimate of drug-likeness (QED) is 0.0882. The molecule has 194 valence electrons. The van der Waals surface area contributed by atoms with E-state index in [9.17, 15) is 14.0 Å². The number of esters is 2. The van der Waals surface area contributed by atoms with Crippen molar-refractivity contribution < 1.29 is 23.5 Å². The van der Waals surface area contributed by atoms with Gasteiger partial charge in [-0.2, -0.15) is 0 Å². The van der Waals surface area contributed by atoms with E-state index in [2.05, 4.69) is 22.9 Å². The molecule has 0 saturated carbocycles. The molecule has 0 aliphatic heterocycles. The van der Waals surface area contributed by atoms with E-state index in [1.54, 1.807) is 0 Å². The first kappa shape index (κ1) is 30.6. The maximum atomic E-state index is 13.1. The van der Waals surface area contributed by atoms with E-state index in [4.69, 9.17) is 9.47 Å². The van der Waals surface area contributed by atoms with Crippen LogP contribution in [0.1, 0.15) is 122 Å². The second-order valence-electron chi connectivity index (χ2n) is 9.07. The zero-order chi connectivity index (χ0) is 24.9. The molecule has 0 N–H and O–H groups in total. The Morgan fingerprint density at radius 1 is 0.735 bits per heavy atom. The average Bonchev–Trinajstić information content (AvgIpc) is 2.81. The molecule has 0 spiro atoms. The number of rotatable bonds is 21. The monoisotopic (exact) mass is 542 g/mol. The minimum absolute atomic E-state index is 0.0781. The largest absolute Gasteiger partial charge is 0.466 e. The van der Waals surface area contributed by atoms with Crippen molar-refractivity contribution in [1.82, 2.24) is 0 Å². The van der Waals surface area contributed by atoms with Crippen LogP contribution in [0.4, 0.5) is 4.39 Å². The fourth-order valence-corrected chi connectivity index (χ4v) is 4.26. The summed E-state index contributed by atoms with van der Waals surface area (Å²) >= 11 is 3.19. The van der Waals surface area contributed by atoms with Crippen molar-refractivity contribution in [3.63, 3.8) is 0 Å². The molecule has 0 aliphatic rings. The fourth-order valence-electron chi connectivity index (χ4n) is 3.83. The molecular weight excluding hydrogens is 499 g/mol. The van der Waals surface area contributed by atoms with E-state index in [0.29, 0.717) is 29.7 Å². The van der Waals surface area contributed by atoms with Crippen molar-refractivity contribution in [3.8, 4) is 5.75 Å². The van der Waals surface area contributed by atoms with Crippen LogP contribution in [0, 0.1) is 5.82 Å². The van der Waals surface area contributed by atoms with Gasteiger partial charge in [-0.05, 0) is 53.4 Å². The van der Waals surface area contributed by atoms with Crippen LogP contribution in [0.25, 0.3) is 0 Å². The molecule has 0 unspecified atom stereocenters. The van der Waals surface area contributed by atoms with Gasteiger partial charge in [0, 0.05) is 12.8 Å². The van der Waals surface area contributed by atoms with Crippen LogP contribution in [-0.2, 0) is 14.3 Å². The molecule has 0 aliphatic carbocycles. The molecule has 1 aromatic rings. The summed E-state index contributed by atoms with van der Waals surface area (Å²) < 4.78 is 24.1. The summed E-state index contributed by atoms with van der Waals surface area (Å²) in [6.07, 6.45) is 19.3. The van der Waals surface area contributed by atoms with Crippen molar-refractivity contribution in [1.29, 1.82) is 0 Å². The molecule has 34 heavy (non-hydrogen) atoms. The molecule has 0 atom stereocenters. The smallest absolute Gasteiger partial charge is 0.311 e. The van der Waals surface area contributed by atoms with Gasteiger partial charge in [-0.15, -0.1) is 0 Å². The Morgan fingerprint density at radius 3 is 1.79 bits per heavy atom. The third kappa shape index (κ3) is 17.1. The fraction of sp³-hybridized carbons (Fsp3) is 0.714. The molecular formula is C28H44BrFO4. The van der Waals surface area contributed by atoms with Crippen molar-refractivity contribution >= 4 is 27.9 Å². The van der Waals surface area contributed by atoms with E-state index in [1.807, 2.05) is 0 Å². The highest BCUT2D eigenvalue weighted by molar-refractivity contribution is 9.10. The molecule has 0 fully saturated rings. The van der Waals surface area contributed by atoms with Crippen molar-refractivity contribution in [3.05, 3.63) is 28.5 Å². The van der Waals surface area contributed by atoms with E-state index >= 15 is 0 Å². The van der Waals surface area contributed by atoms with Gasteiger partial charge in [0.1, 0.15) is 11.6 Å². The summed E-state index contributed by atoms with van der Waals surface area (Å²) in [5, 5.41) is 0. The van der Waals surface area contributed by atoms with Crippen LogP contribution < -0.4 is 4.74 Å². The lowest BCUT2D eigenvalue weighted by molar-refractivity contribution is -0.144. The van der Waals surface area contributed by atoms with Gasteiger partial charge < -0.3 is 9.47 Å². The Morgan fingerprint density at radius 2 is 1.24 bits per heavy atom. The van der Waals surface area contributed by atoms with E-state index in [0.717, 1.165) is 51.4 Å². The van der Waals surface area contributed by atoms with Crippen LogP contribution in [0.2, 0.25) is 0 Å². The molecule has 6 heteroatoms. The van der Waals surface area contributed by atoms with E-state index < -0.39 is 0 Å². The number of ether oxygens (including phenoxy) is 2. The second kappa shape index (κ2) is 20.9. The van der Waals surface area contributed by atoms with Crippen molar-refractivity contribution in [2.45, 2.75) is 122 Å². The molecule has 0 bridgehead atoms. The predicted octanol–water partition coefficient (Wildman–Crippen LogP) is 9.08. The number of carbonyl (C=O) groups excluding carboxylic acids is 2. The van der Waals surface area contributed by atoms with Gasteiger partial charge in [-0.25, -0.2) is 4.39 Å². The molecule has 0 amide bonds. The van der Waals surface area contributed by atoms with Crippen LogP contribution in [0.5, 0.6) is 5.75 Å². The Labute approximate surface area is 214 Å². The zero-order valence-corrected chi connectivity index (χ0v) is 22.6. The molecule has 0 aromatic heterocycles. The van der Waals surface area contributed by atoms with Gasteiger partial charge in [-0.1, -0.05) is 90.4 Å². The number of halogens is 2. The SMILES string of the molecule is CCCCCCCCCCCCOC(=O)CCCCCCCCC(=O)Oc1ccc(F)cc1Br. The standard InChI is InChI=1S/C28H44BrFO4/c1-2-3-4-5-6-7-8-11-14-17-22-33-27(31)18-15-12-9-10-13-16-19-28(32)34-26-21-20-24(30)23-25(26)29/h20-21,23H,2-19,22H2,1H3. The maximum absolute atomic E-state index is 13.1. The first-order chi connectivity index (χ1) is 16.5. The molecule has 0 saturated heterocycles. The minimum Gasteiger partial charge on any atom is -0.466 e. The summed E-state index contributed by atoms with van der Waals surface area (Å²) in [6.45, 7) is 2.80. The minimum atomic E-state index is -0.381. The van der Waals surface area contributed by atoms with Gasteiger partial charge in [0.15, 0.2) is 0 Å². The number of unbranched alkanes of at least 4 members (excludes halogenated alkanes) is 14. The molecule has 0 radical (unpaired) electrons. The summed E-state index contributed by atoms with van der Waals surface area (Å²) in [5.74, 6) is -0.427. The zero-order valence-electron chi connectivity index (χ0n) is 21.1. The predicted molar refractivity (Wildman–Crippen MR) is 139 cm³/mol. The Kier molecular flexibility index (Phi) is 18.8. The van der Waals surface area contributed by atoms with E-state index in [-0.39, 0.29) is 17.8 Å². The first-order valence-electron chi connectivity index (χ1n) is 13.3. The van der Waals surface area contributed by atoms with Crippen molar-refractivity contribution in [2.24, 2.45) is 0 Å². The van der Waals surface area contributed by atoms with Gasteiger partial charge in [0.2, 0.25) is 0 Å². The van der Waals surface area contributed by atoms with Crippen LogP contribution in [0.15, 0.2) is 22.7 Å². The summed E-state index contributed by atoms with van der Waals surface area (Å²) in [6, 6.07) is 3.98. The summed E-state index contributed by atoms with van der Waals surface area (Å²) in [7, 11) is 0. The molecule has 1 aromatic carbocycles. The number of hydrogen-bond donors (Lipinski definition) is 0. The third-order valence-corrected chi connectivity index (χ3v) is 6.51. The summed E-state index contributed by atoms with van der Waals surface area (Å²) in [5.41, 5.74) is 0. The topological polar surface area (TPSA) is 52.6 Å². The van der Waals surface area contributed by atoms with Gasteiger partial charge >= 0.3 is 11.9 Å². The molecule has 1 rings (SSSR count). The van der Waals surface area contributed by atoms with Crippen LogP contribution in [0.3, 0.4) is 0 Å². The average molecular weight is 544 g/mol. The Hall–Kier alpha value is -1.43. The lowest BCUT2D eigenvalue weighted by Crippen LogP contribution is -2.08. The number of benzene rings is 1. The Balaban J connectivity index is 1.85. The Bertz CT molecular complexity index is 680. The van der Waals surface area contributed by atoms with Gasteiger partial charge in [0.25, 0.3) is 0 Å². The second-order valence-corrected chi connectivity index (χ2v) is 9.93. The third-order valence-electron chi connectivity index (χ3n) is 5.89. The van der Waals surface area contributed by atoms with Crippen LogP contribution >= 0.6 is 15.9 Å². The molecule has 0 heterocycles. The first-order valence-corrected chi connectivity index (χ1v) is 14.1. The maximum Gasteiger partial charge on any atom is 0.311 e. The highest BCUT2D eigenvalue weighted by atomic mass is 79.9. The van der Waals surface area contributed by atoms with E-state index in [1.165, 1.54) is 69.6 Å². The summed E-state index contributed by atoms with van der Waals surface area (Å²) in [4.78, 5) is 23.7. The molecule has 4 nitrogen and oxygen atoms in total. The highest BCUT2D eigenvalue weighted by Crippen LogP contribution is 2.26. The number of carbonyl (C=O) groups is 2.